The quantitative estimate of drug-likeness (QED) is 0.411. The maximum absolute atomic E-state index is 12.8. The lowest BCUT2D eigenvalue weighted by Crippen LogP contribution is -2.46. The van der Waals surface area contributed by atoms with Crippen LogP contribution in [0.1, 0.15) is 21.9 Å². The van der Waals surface area contributed by atoms with Crippen molar-refractivity contribution < 1.29 is 40.3 Å². The van der Waals surface area contributed by atoms with Gasteiger partial charge in [-0.2, -0.15) is 13.2 Å². The topological polar surface area (TPSA) is 127 Å². The number of amides is 2. The monoisotopic (exact) mass is 497 g/mol. The van der Waals surface area contributed by atoms with E-state index in [0.29, 0.717) is 17.6 Å². The van der Waals surface area contributed by atoms with Crippen LogP contribution in [0, 0.1) is 0 Å². The highest BCUT2D eigenvalue weighted by Gasteiger charge is 2.31. The molecule has 0 atom stereocenters. The van der Waals surface area contributed by atoms with Crippen LogP contribution in [-0.4, -0.2) is 26.8 Å². The summed E-state index contributed by atoms with van der Waals surface area (Å²) in [5.41, 5.74) is 2.85. The van der Waals surface area contributed by atoms with E-state index in [0.717, 1.165) is 18.2 Å². The number of hydrazine groups is 1. The summed E-state index contributed by atoms with van der Waals surface area (Å²) in [4.78, 5) is 23.3. The summed E-state index contributed by atoms with van der Waals surface area (Å²) >= 11 is 0. The molecule has 34 heavy (non-hydrogen) atoms. The van der Waals surface area contributed by atoms with E-state index in [1.165, 1.54) is 12.1 Å². The van der Waals surface area contributed by atoms with Gasteiger partial charge in [0.15, 0.2) is 5.76 Å². The molecule has 0 spiro atoms. The van der Waals surface area contributed by atoms with Crippen LogP contribution in [0.25, 0.3) is 0 Å². The Bertz CT molecular complexity index is 1260. The summed E-state index contributed by atoms with van der Waals surface area (Å²) in [6, 6.07) is 14.8. The van der Waals surface area contributed by atoms with E-state index >= 15 is 0 Å². The van der Waals surface area contributed by atoms with Crippen molar-refractivity contribution in [2.45, 2.75) is 17.7 Å². The van der Waals surface area contributed by atoms with Gasteiger partial charge in [-0.1, -0.05) is 24.3 Å². The molecule has 2 amide bonds. The van der Waals surface area contributed by atoms with Gasteiger partial charge in [-0.05, 0) is 42.5 Å². The SMILES string of the molecule is O=C(CNS(=O)(=O)c1cccc(C(F)(F)F)c1)NNC(=O)c1ccc(COc2ccccc2)o1. The Balaban J connectivity index is 1.47. The number of halogens is 3. The molecule has 1 aromatic heterocycles. The number of nitrogens with one attached hydrogen (secondary N) is 3. The minimum atomic E-state index is -4.73. The summed E-state index contributed by atoms with van der Waals surface area (Å²) in [6.45, 7) is -0.784. The molecule has 1 heterocycles. The van der Waals surface area contributed by atoms with Crippen molar-refractivity contribution in [1.82, 2.24) is 15.6 Å². The number of carbonyl (C=O) groups is 2. The van der Waals surface area contributed by atoms with Crippen LogP contribution in [0.5, 0.6) is 5.75 Å². The van der Waals surface area contributed by atoms with Crippen molar-refractivity contribution in [2.24, 2.45) is 0 Å². The molecule has 0 saturated carbocycles. The number of rotatable bonds is 8. The fourth-order valence-electron chi connectivity index (χ4n) is 2.56. The Hall–Kier alpha value is -3.84. The lowest BCUT2D eigenvalue weighted by atomic mass is 10.2. The Morgan fingerprint density at radius 3 is 2.38 bits per heavy atom. The van der Waals surface area contributed by atoms with Crippen LogP contribution in [0.4, 0.5) is 13.2 Å². The molecule has 0 aliphatic rings. The summed E-state index contributed by atoms with van der Waals surface area (Å²) in [7, 11) is -4.41. The zero-order valence-electron chi connectivity index (χ0n) is 17.3. The highest BCUT2D eigenvalue weighted by molar-refractivity contribution is 7.89. The first-order valence-corrected chi connectivity index (χ1v) is 11.1. The first kappa shape index (κ1) is 24.8. The number of alkyl halides is 3. The van der Waals surface area contributed by atoms with Gasteiger partial charge in [0.05, 0.1) is 17.0 Å². The number of sulfonamides is 1. The van der Waals surface area contributed by atoms with Crippen LogP contribution in [0.3, 0.4) is 0 Å². The smallest absolute Gasteiger partial charge is 0.416 e. The molecule has 13 heteroatoms. The van der Waals surface area contributed by atoms with E-state index in [-0.39, 0.29) is 12.4 Å². The van der Waals surface area contributed by atoms with E-state index in [4.69, 9.17) is 9.15 Å². The molecule has 0 aliphatic heterocycles. The van der Waals surface area contributed by atoms with Crippen LogP contribution in [0.15, 0.2) is 76.0 Å². The average molecular weight is 497 g/mol. The standard InChI is InChI=1S/C21H18F3N3O6S/c22-21(23,24)14-5-4-8-17(11-14)34(30,31)25-12-19(28)26-27-20(29)18-10-9-16(33-18)13-32-15-6-2-1-3-7-15/h1-11,25H,12-13H2,(H,26,28)(H,27,29). The molecule has 0 aliphatic carbocycles. The predicted molar refractivity (Wildman–Crippen MR) is 112 cm³/mol. The molecule has 3 aromatic rings. The predicted octanol–water partition coefficient (Wildman–Crippen LogP) is 2.62. The molecule has 3 N–H and O–H groups in total. The van der Waals surface area contributed by atoms with Gasteiger partial charge in [-0.25, -0.2) is 13.1 Å². The highest BCUT2D eigenvalue weighted by Crippen LogP contribution is 2.30. The minimum Gasteiger partial charge on any atom is -0.486 e. The molecule has 0 saturated heterocycles. The normalized spacial score (nSPS) is 11.6. The number of furan rings is 1. The summed E-state index contributed by atoms with van der Waals surface area (Å²) in [5.74, 6) is -0.987. The third-order valence-electron chi connectivity index (χ3n) is 4.22. The minimum absolute atomic E-state index is 0.0565. The Labute approximate surface area is 191 Å². The number of benzene rings is 2. The molecule has 0 unspecified atom stereocenters. The van der Waals surface area contributed by atoms with Gasteiger partial charge in [-0.15, -0.1) is 0 Å². The van der Waals surface area contributed by atoms with E-state index in [1.807, 2.05) is 21.6 Å². The van der Waals surface area contributed by atoms with Gasteiger partial charge in [0.25, 0.3) is 5.91 Å². The summed E-state index contributed by atoms with van der Waals surface area (Å²) < 4.78 is 75.3. The molecular formula is C21H18F3N3O6S. The number of carbonyl (C=O) groups excluding carboxylic acids is 2. The third-order valence-corrected chi connectivity index (χ3v) is 5.62. The molecule has 3 rings (SSSR count). The first-order chi connectivity index (χ1) is 16.0. The molecule has 180 valence electrons. The van der Waals surface area contributed by atoms with Crippen LogP contribution < -0.4 is 20.3 Å². The largest absolute Gasteiger partial charge is 0.486 e. The molecular weight excluding hydrogens is 479 g/mol. The van der Waals surface area contributed by atoms with E-state index in [1.54, 1.807) is 24.3 Å². The van der Waals surface area contributed by atoms with E-state index in [9.17, 15) is 31.2 Å². The Morgan fingerprint density at radius 1 is 0.941 bits per heavy atom. The van der Waals surface area contributed by atoms with Crippen molar-refractivity contribution in [1.29, 1.82) is 0 Å². The zero-order chi connectivity index (χ0) is 24.8. The van der Waals surface area contributed by atoms with Gasteiger partial charge in [-0.3, -0.25) is 20.4 Å². The second kappa shape index (κ2) is 10.4. The van der Waals surface area contributed by atoms with Crippen LogP contribution >= 0.6 is 0 Å². The molecule has 0 fully saturated rings. The van der Waals surface area contributed by atoms with Crippen molar-refractivity contribution >= 4 is 21.8 Å². The number of hydrogen-bond acceptors (Lipinski definition) is 6. The summed E-state index contributed by atoms with van der Waals surface area (Å²) in [6.07, 6.45) is -4.73. The highest BCUT2D eigenvalue weighted by atomic mass is 32.2. The second-order valence-electron chi connectivity index (χ2n) is 6.72. The van der Waals surface area contributed by atoms with Crippen molar-refractivity contribution in [3.8, 4) is 5.75 Å². The summed E-state index contributed by atoms with van der Waals surface area (Å²) in [5, 5.41) is 0. The fourth-order valence-corrected chi connectivity index (χ4v) is 3.59. The van der Waals surface area contributed by atoms with Crippen LogP contribution in [-0.2, 0) is 27.6 Å². The Morgan fingerprint density at radius 2 is 1.68 bits per heavy atom. The average Bonchev–Trinajstić information content (AvgIpc) is 3.29. The fraction of sp³-hybridized carbons (Fsp3) is 0.143. The van der Waals surface area contributed by atoms with E-state index < -0.39 is 45.0 Å². The molecule has 0 radical (unpaired) electrons. The lowest BCUT2D eigenvalue weighted by Gasteiger charge is -2.10. The van der Waals surface area contributed by atoms with Gasteiger partial charge >= 0.3 is 12.1 Å². The maximum Gasteiger partial charge on any atom is 0.416 e. The third kappa shape index (κ3) is 6.83. The van der Waals surface area contributed by atoms with Gasteiger partial charge in [0.2, 0.25) is 10.0 Å². The van der Waals surface area contributed by atoms with Gasteiger partial charge in [0.1, 0.15) is 18.1 Å². The number of ether oxygens (including phenoxy) is 1. The Kier molecular flexibility index (Phi) is 7.58. The molecule has 9 nitrogen and oxygen atoms in total. The molecule has 0 bridgehead atoms. The van der Waals surface area contributed by atoms with Crippen molar-refractivity contribution in [3.05, 3.63) is 83.8 Å². The number of para-hydroxylation sites is 1. The second-order valence-corrected chi connectivity index (χ2v) is 8.49. The van der Waals surface area contributed by atoms with Gasteiger partial charge in [0, 0.05) is 0 Å². The van der Waals surface area contributed by atoms with Crippen molar-refractivity contribution in [3.63, 3.8) is 0 Å². The van der Waals surface area contributed by atoms with Crippen molar-refractivity contribution in [2.75, 3.05) is 6.54 Å². The number of hydrogen-bond donors (Lipinski definition) is 3. The zero-order valence-corrected chi connectivity index (χ0v) is 18.1. The molecule has 2 aromatic carbocycles. The van der Waals surface area contributed by atoms with Crippen LogP contribution in [0.2, 0.25) is 0 Å². The van der Waals surface area contributed by atoms with Gasteiger partial charge < -0.3 is 9.15 Å². The lowest BCUT2D eigenvalue weighted by molar-refractivity contribution is -0.137. The van der Waals surface area contributed by atoms with E-state index in [2.05, 4.69) is 0 Å². The maximum atomic E-state index is 12.8. The first-order valence-electron chi connectivity index (χ1n) is 9.57.